The lowest BCUT2D eigenvalue weighted by Gasteiger charge is -2.35. The average Bonchev–Trinajstić information content (AvgIpc) is 3.39. The number of hydrogen-bond donors (Lipinski definition) is 1. The Morgan fingerprint density at radius 2 is 2.11 bits per heavy atom. The number of ether oxygens (including phenoxy) is 1. The maximum absolute atomic E-state index is 13.0. The zero-order valence-corrected chi connectivity index (χ0v) is 16.2. The number of likely N-dealkylation sites (tertiary alicyclic amines) is 1. The van der Waals surface area contributed by atoms with Crippen molar-refractivity contribution in [1.82, 2.24) is 19.4 Å². The molecular formula is C22H26N4O2. The summed E-state index contributed by atoms with van der Waals surface area (Å²) in [6, 6.07) is 6.17. The van der Waals surface area contributed by atoms with Gasteiger partial charge in [-0.1, -0.05) is 0 Å². The minimum atomic E-state index is 0.0931. The number of aryl methyl sites for hydroxylation is 1. The van der Waals surface area contributed by atoms with Gasteiger partial charge in [-0.3, -0.25) is 4.79 Å². The van der Waals surface area contributed by atoms with Crippen LogP contribution >= 0.6 is 0 Å². The summed E-state index contributed by atoms with van der Waals surface area (Å²) in [5.74, 6) is 1.78. The molecule has 6 heteroatoms. The lowest BCUT2D eigenvalue weighted by molar-refractivity contribution is -0.137. The first-order chi connectivity index (χ1) is 13.7. The minimum Gasteiger partial charge on any atom is -0.497 e. The summed E-state index contributed by atoms with van der Waals surface area (Å²) >= 11 is 0. The standard InChI is InChI=1S/C22H26N4O2/c1-28-18-4-5-21-19(10-18)20(12-24-21)15-6-8-25(9-7-15)22(27)16-2-3-17-11-23-14-26(17)13-16/h4-5,10-12,14-16,24H,2-3,6-9,13H2,1H3. The normalized spacial score (nSPS) is 20.3. The Balaban J connectivity index is 1.26. The Morgan fingerprint density at radius 1 is 1.25 bits per heavy atom. The van der Waals surface area contributed by atoms with Crippen LogP contribution in [0, 0.1) is 5.92 Å². The van der Waals surface area contributed by atoms with Gasteiger partial charge in [0.1, 0.15) is 5.75 Å². The van der Waals surface area contributed by atoms with Crippen LogP contribution in [0.4, 0.5) is 0 Å². The molecule has 1 saturated heterocycles. The largest absolute Gasteiger partial charge is 0.497 e. The number of nitrogens with zero attached hydrogens (tertiary/aromatic N) is 3. The van der Waals surface area contributed by atoms with E-state index in [1.165, 1.54) is 16.6 Å². The van der Waals surface area contributed by atoms with Crippen LogP contribution in [-0.2, 0) is 17.8 Å². The first-order valence-corrected chi connectivity index (χ1v) is 10.2. The molecule has 1 aromatic carbocycles. The van der Waals surface area contributed by atoms with Gasteiger partial charge in [0.25, 0.3) is 0 Å². The Labute approximate surface area is 164 Å². The second kappa shape index (κ2) is 7.00. The molecule has 2 aliphatic rings. The Kier molecular flexibility index (Phi) is 4.34. The molecule has 1 unspecified atom stereocenters. The highest BCUT2D eigenvalue weighted by molar-refractivity contribution is 5.85. The van der Waals surface area contributed by atoms with Crippen LogP contribution in [0.2, 0.25) is 0 Å². The van der Waals surface area contributed by atoms with Gasteiger partial charge in [0.05, 0.1) is 19.4 Å². The van der Waals surface area contributed by atoms with E-state index in [1.807, 2.05) is 18.6 Å². The molecule has 0 aliphatic carbocycles. The van der Waals surface area contributed by atoms with Crippen molar-refractivity contribution in [2.45, 2.75) is 38.1 Å². The lowest BCUT2D eigenvalue weighted by Crippen LogP contribution is -2.43. The van der Waals surface area contributed by atoms with Crippen molar-refractivity contribution in [2.24, 2.45) is 5.92 Å². The highest BCUT2D eigenvalue weighted by atomic mass is 16.5. The summed E-state index contributed by atoms with van der Waals surface area (Å²) in [5, 5.41) is 1.24. The van der Waals surface area contributed by atoms with Crippen molar-refractivity contribution in [3.8, 4) is 5.75 Å². The fraction of sp³-hybridized carbons (Fsp3) is 0.455. The van der Waals surface area contributed by atoms with Crippen LogP contribution in [0.25, 0.3) is 10.9 Å². The predicted octanol–water partition coefficient (Wildman–Crippen LogP) is 3.34. The van der Waals surface area contributed by atoms with Crippen LogP contribution in [0.5, 0.6) is 5.75 Å². The van der Waals surface area contributed by atoms with Crippen LogP contribution in [0.15, 0.2) is 36.9 Å². The van der Waals surface area contributed by atoms with Gasteiger partial charge in [0.2, 0.25) is 5.91 Å². The molecule has 146 valence electrons. The first kappa shape index (κ1) is 17.3. The van der Waals surface area contributed by atoms with Crippen molar-refractivity contribution >= 4 is 16.8 Å². The minimum absolute atomic E-state index is 0.0931. The lowest BCUT2D eigenvalue weighted by atomic mass is 9.88. The number of aromatic amines is 1. The van der Waals surface area contributed by atoms with Gasteiger partial charge in [-0.2, -0.15) is 0 Å². The molecule has 1 fully saturated rings. The molecule has 0 radical (unpaired) electrons. The summed E-state index contributed by atoms with van der Waals surface area (Å²) in [4.78, 5) is 22.7. The number of amides is 1. The zero-order valence-electron chi connectivity index (χ0n) is 16.2. The maximum Gasteiger partial charge on any atom is 0.227 e. The number of benzene rings is 1. The molecule has 3 aromatic rings. The molecule has 2 aliphatic heterocycles. The molecule has 1 atom stereocenters. The van der Waals surface area contributed by atoms with Gasteiger partial charge in [0, 0.05) is 48.6 Å². The topological polar surface area (TPSA) is 63.1 Å². The Bertz CT molecular complexity index is 997. The fourth-order valence-electron chi connectivity index (χ4n) is 4.83. The molecule has 1 N–H and O–H groups in total. The SMILES string of the molecule is COc1ccc2[nH]cc(C3CCN(C(=O)C4CCc5cncn5C4)CC3)c2c1. The van der Waals surface area contributed by atoms with E-state index in [2.05, 4.69) is 37.8 Å². The molecule has 0 saturated carbocycles. The summed E-state index contributed by atoms with van der Waals surface area (Å²) < 4.78 is 7.53. The van der Waals surface area contributed by atoms with E-state index in [9.17, 15) is 4.79 Å². The van der Waals surface area contributed by atoms with Gasteiger partial charge in [-0.15, -0.1) is 0 Å². The number of hydrogen-bond acceptors (Lipinski definition) is 3. The molecule has 0 spiro atoms. The number of aromatic nitrogens is 3. The fourth-order valence-corrected chi connectivity index (χ4v) is 4.83. The number of nitrogens with one attached hydrogen (secondary N) is 1. The number of methoxy groups -OCH3 is 1. The number of carbonyl (C=O) groups excluding carboxylic acids is 1. The number of piperidine rings is 1. The van der Waals surface area contributed by atoms with E-state index >= 15 is 0 Å². The van der Waals surface area contributed by atoms with Crippen LogP contribution in [0.1, 0.15) is 36.4 Å². The van der Waals surface area contributed by atoms with Gasteiger partial charge in [0.15, 0.2) is 0 Å². The molecule has 1 amide bonds. The molecule has 28 heavy (non-hydrogen) atoms. The van der Waals surface area contributed by atoms with Gasteiger partial charge < -0.3 is 19.2 Å². The number of carbonyl (C=O) groups is 1. The molecular weight excluding hydrogens is 352 g/mol. The van der Waals surface area contributed by atoms with Crippen molar-refractivity contribution in [3.63, 3.8) is 0 Å². The van der Waals surface area contributed by atoms with Crippen LogP contribution in [0.3, 0.4) is 0 Å². The van der Waals surface area contributed by atoms with Crippen molar-refractivity contribution in [3.05, 3.63) is 48.2 Å². The van der Waals surface area contributed by atoms with E-state index in [1.54, 1.807) is 7.11 Å². The third kappa shape index (κ3) is 2.97. The zero-order chi connectivity index (χ0) is 19.1. The highest BCUT2D eigenvalue weighted by Crippen LogP contribution is 2.35. The summed E-state index contributed by atoms with van der Waals surface area (Å²) in [6.07, 6.45) is 9.82. The van der Waals surface area contributed by atoms with Crippen molar-refractivity contribution in [1.29, 1.82) is 0 Å². The van der Waals surface area contributed by atoms with E-state index in [0.717, 1.165) is 56.6 Å². The summed E-state index contributed by atoms with van der Waals surface area (Å²) in [6.45, 7) is 2.46. The Morgan fingerprint density at radius 3 is 2.93 bits per heavy atom. The third-order valence-electron chi connectivity index (χ3n) is 6.48. The average molecular weight is 378 g/mol. The van der Waals surface area contributed by atoms with Crippen molar-refractivity contribution in [2.75, 3.05) is 20.2 Å². The Hall–Kier alpha value is -2.76. The van der Waals surface area contributed by atoms with E-state index in [-0.39, 0.29) is 5.92 Å². The number of fused-ring (bicyclic) bond motifs is 2. The molecule has 6 nitrogen and oxygen atoms in total. The molecule has 2 aromatic heterocycles. The molecule has 0 bridgehead atoms. The van der Waals surface area contributed by atoms with Crippen molar-refractivity contribution < 1.29 is 9.53 Å². The summed E-state index contributed by atoms with van der Waals surface area (Å²) in [7, 11) is 1.70. The smallest absolute Gasteiger partial charge is 0.227 e. The van der Waals surface area contributed by atoms with Crippen LogP contribution in [-0.4, -0.2) is 45.5 Å². The number of rotatable bonds is 3. The van der Waals surface area contributed by atoms with E-state index < -0.39 is 0 Å². The maximum atomic E-state index is 13.0. The van der Waals surface area contributed by atoms with Gasteiger partial charge >= 0.3 is 0 Å². The summed E-state index contributed by atoms with van der Waals surface area (Å²) in [5.41, 5.74) is 3.74. The molecule has 5 rings (SSSR count). The van der Waals surface area contributed by atoms with Crippen LogP contribution < -0.4 is 4.74 Å². The quantitative estimate of drug-likeness (QED) is 0.760. The van der Waals surface area contributed by atoms with Gasteiger partial charge in [-0.25, -0.2) is 4.98 Å². The predicted molar refractivity (Wildman–Crippen MR) is 107 cm³/mol. The highest BCUT2D eigenvalue weighted by Gasteiger charge is 2.31. The third-order valence-corrected chi connectivity index (χ3v) is 6.48. The second-order valence-electron chi connectivity index (χ2n) is 8.03. The monoisotopic (exact) mass is 378 g/mol. The van der Waals surface area contributed by atoms with E-state index in [4.69, 9.17) is 4.74 Å². The van der Waals surface area contributed by atoms with E-state index in [0.29, 0.717) is 11.8 Å². The number of imidazole rings is 1. The second-order valence-corrected chi connectivity index (χ2v) is 8.03. The first-order valence-electron chi connectivity index (χ1n) is 10.2. The number of H-pyrrole nitrogens is 1. The van der Waals surface area contributed by atoms with Gasteiger partial charge in [-0.05, 0) is 55.4 Å². The molecule has 4 heterocycles.